The Kier molecular flexibility index (Phi) is 8.15. The molecule has 0 saturated carbocycles. The lowest BCUT2D eigenvalue weighted by atomic mass is 10.1. The number of carbonyl (C=O) groups is 1. The standard InChI is InChI=1S/C25H27FN2O3S2/c1-4-24(28(33(3,30)31)21-13-11-20(26)12-14-21)25(29)27-23-15-10-19(16-18(23)2)17-32-22-8-6-5-7-9-22/h5-16,24H,4,17H2,1-3H3,(H,27,29). The van der Waals surface area contributed by atoms with Gasteiger partial charge in [0.05, 0.1) is 11.9 Å². The van der Waals surface area contributed by atoms with E-state index in [9.17, 15) is 17.6 Å². The lowest BCUT2D eigenvalue weighted by molar-refractivity contribution is -0.117. The highest BCUT2D eigenvalue weighted by molar-refractivity contribution is 7.98. The van der Waals surface area contributed by atoms with Crippen molar-refractivity contribution in [3.8, 4) is 0 Å². The molecule has 1 atom stereocenters. The molecule has 0 saturated heterocycles. The third-order valence-electron chi connectivity index (χ3n) is 5.11. The van der Waals surface area contributed by atoms with Crippen molar-refractivity contribution in [2.75, 3.05) is 15.9 Å². The van der Waals surface area contributed by atoms with E-state index in [2.05, 4.69) is 17.4 Å². The summed E-state index contributed by atoms with van der Waals surface area (Å²) in [5.41, 5.74) is 2.87. The summed E-state index contributed by atoms with van der Waals surface area (Å²) in [5, 5.41) is 2.87. The van der Waals surface area contributed by atoms with Crippen LogP contribution in [-0.4, -0.2) is 26.6 Å². The molecule has 0 aromatic heterocycles. The number of nitrogens with zero attached hydrogens (tertiary/aromatic N) is 1. The molecule has 8 heteroatoms. The van der Waals surface area contributed by atoms with Crippen molar-refractivity contribution in [3.05, 3.63) is 89.7 Å². The van der Waals surface area contributed by atoms with Crippen LogP contribution in [-0.2, 0) is 20.6 Å². The highest BCUT2D eigenvalue weighted by Gasteiger charge is 2.31. The van der Waals surface area contributed by atoms with Crippen molar-refractivity contribution in [1.82, 2.24) is 0 Å². The molecule has 0 bridgehead atoms. The Morgan fingerprint density at radius 3 is 2.30 bits per heavy atom. The molecular formula is C25H27FN2O3S2. The van der Waals surface area contributed by atoms with Crippen LogP contribution in [0.1, 0.15) is 24.5 Å². The van der Waals surface area contributed by atoms with Gasteiger partial charge in [-0.3, -0.25) is 9.10 Å². The number of amides is 1. The molecule has 1 N–H and O–H groups in total. The molecule has 0 spiro atoms. The highest BCUT2D eigenvalue weighted by atomic mass is 32.2. The van der Waals surface area contributed by atoms with Crippen LogP contribution in [0.4, 0.5) is 15.8 Å². The third-order valence-corrected chi connectivity index (χ3v) is 7.37. The van der Waals surface area contributed by atoms with Gasteiger partial charge in [0.1, 0.15) is 11.9 Å². The van der Waals surface area contributed by atoms with Crippen LogP contribution in [0.2, 0.25) is 0 Å². The minimum Gasteiger partial charge on any atom is -0.324 e. The van der Waals surface area contributed by atoms with Gasteiger partial charge in [-0.05, 0) is 66.9 Å². The fraction of sp³-hybridized carbons (Fsp3) is 0.240. The number of carbonyl (C=O) groups excluding carboxylic acids is 1. The van der Waals surface area contributed by atoms with Crippen LogP contribution < -0.4 is 9.62 Å². The van der Waals surface area contributed by atoms with Gasteiger partial charge in [0.15, 0.2) is 0 Å². The van der Waals surface area contributed by atoms with Crippen molar-refractivity contribution in [2.45, 2.75) is 37.0 Å². The van der Waals surface area contributed by atoms with Gasteiger partial charge in [0, 0.05) is 16.3 Å². The molecule has 174 valence electrons. The summed E-state index contributed by atoms with van der Waals surface area (Å²) in [6.45, 7) is 3.64. The number of thioether (sulfide) groups is 1. The minimum atomic E-state index is -3.78. The lowest BCUT2D eigenvalue weighted by Crippen LogP contribution is -2.47. The van der Waals surface area contributed by atoms with Crippen LogP contribution in [0.3, 0.4) is 0 Å². The zero-order chi connectivity index (χ0) is 24.0. The number of sulfonamides is 1. The maximum Gasteiger partial charge on any atom is 0.248 e. The Balaban J connectivity index is 1.76. The van der Waals surface area contributed by atoms with Gasteiger partial charge in [-0.25, -0.2) is 12.8 Å². The summed E-state index contributed by atoms with van der Waals surface area (Å²) in [7, 11) is -3.78. The van der Waals surface area contributed by atoms with Gasteiger partial charge in [-0.15, -0.1) is 11.8 Å². The lowest BCUT2D eigenvalue weighted by Gasteiger charge is -2.30. The first-order chi connectivity index (χ1) is 15.7. The fourth-order valence-electron chi connectivity index (χ4n) is 3.50. The van der Waals surface area contributed by atoms with Crippen LogP contribution in [0.15, 0.2) is 77.7 Å². The Morgan fingerprint density at radius 1 is 1.06 bits per heavy atom. The molecule has 3 aromatic rings. The summed E-state index contributed by atoms with van der Waals surface area (Å²) < 4.78 is 39.4. The third kappa shape index (κ3) is 6.58. The Labute approximate surface area is 199 Å². The van der Waals surface area contributed by atoms with Crippen LogP contribution in [0.5, 0.6) is 0 Å². The Hall–Kier alpha value is -2.84. The van der Waals surface area contributed by atoms with Crippen molar-refractivity contribution in [3.63, 3.8) is 0 Å². The second-order valence-electron chi connectivity index (χ2n) is 7.70. The number of rotatable bonds is 9. The molecule has 0 aliphatic carbocycles. The number of benzene rings is 3. The topological polar surface area (TPSA) is 66.5 Å². The Bertz CT molecular complexity index is 1200. The van der Waals surface area contributed by atoms with Gasteiger partial charge in [-0.2, -0.15) is 0 Å². The first kappa shape index (κ1) is 24.8. The van der Waals surface area contributed by atoms with Gasteiger partial charge < -0.3 is 5.32 Å². The van der Waals surface area contributed by atoms with Gasteiger partial charge in [0.2, 0.25) is 15.9 Å². The highest BCUT2D eigenvalue weighted by Crippen LogP contribution is 2.27. The van der Waals surface area contributed by atoms with Crippen LogP contribution >= 0.6 is 11.8 Å². The molecule has 5 nitrogen and oxygen atoms in total. The molecule has 3 rings (SSSR count). The summed E-state index contributed by atoms with van der Waals surface area (Å²) in [6.07, 6.45) is 1.29. The monoisotopic (exact) mass is 486 g/mol. The van der Waals surface area contributed by atoms with Crippen molar-refractivity contribution >= 4 is 39.1 Å². The van der Waals surface area contributed by atoms with E-state index in [1.54, 1.807) is 18.7 Å². The predicted octanol–water partition coefficient (Wildman–Crippen LogP) is 5.61. The van der Waals surface area contributed by atoms with E-state index in [4.69, 9.17) is 0 Å². The molecule has 0 aliphatic heterocycles. The predicted molar refractivity (Wildman–Crippen MR) is 134 cm³/mol. The van der Waals surface area contributed by atoms with Crippen LogP contribution in [0.25, 0.3) is 0 Å². The van der Waals surface area contributed by atoms with E-state index < -0.39 is 27.8 Å². The average molecular weight is 487 g/mol. The number of hydrogen-bond acceptors (Lipinski definition) is 4. The second kappa shape index (κ2) is 10.9. The second-order valence-corrected chi connectivity index (χ2v) is 10.6. The summed E-state index contributed by atoms with van der Waals surface area (Å²) >= 11 is 1.73. The molecule has 0 aliphatic rings. The van der Waals surface area contributed by atoms with Gasteiger partial charge in [-0.1, -0.05) is 37.3 Å². The maximum absolute atomic E-state index is 13.4. The summed E-state index contributed by atoms with van der Waals surface area (Å²) in [6, 6.07) is 20.0. The van der Waals surface area contributed by atoms with E-state index in [1.165, 1.54) is 29.2 Å². The fourth-order valence-corrected chi connectivity index (χ4v) is 5.58. The summed E-state index contributed by atoms with van der Waals surface area (Å²) in [4.78, 5) is 14.3. The zero-order valence-electron chi connectivity index (χ0n) is 18.8. The molecule has 0 heterocycles. The first-order valence-electron chi connectivity index (χ1n) is 10.5. The largest absolute Gasteiger partial charge is 0.324 e. The number of anilines is 2. The van der Waals surface area contributed by atoms with Crippen molar-refractivity contribution in [1.29, 1.82) is 0 Å². The minimum absolute atomic E-state index is 0.242. The van der Waals surface area contributed by atoms with E-state index >= 15 is 0 Å². The SMILES string of the molecule is CCC(C(=O)Nc1ccc(CSc2ccccc2)cc1C)N(c1ccc(F)cc1)S(C)(=O)=O. The molecule has 0 radical (unpaired) electrons. The molecule has 1 amide bonds. The normalized spacial score (nSPS) is 12.2. The van der Waals surface area contributed by atoms with E-state index in [0.29, 0.717) is 5.69 Å². The summed E-state index contributed by atoms with van der Waals surface area (Å²) in [5.74, 6) is -0.129. The van der Waals surface area contributed by atoms with Gasteiger partial charge >= 0.3 is 0 Å². The van der Waals surface area contributed by atoms with Crippen molar-refractivity contribution < 1.29 is 17.6 Å². The number of aryl methyl sites for hydroxylation is 1. The number of hydrogen-bond donors (Lipinski definition) is 1. The average Bonchev–Trinajstić information content (AvgIpc) is 2.78. The molecule has 0 fully saturated rings. The number of nitrogens with one attached hydrogen (secondary N) is 1. The zero-order valence-corrected chi connectivity index (χ0v) is 20.4. The number of halogens is 1. The van der Waals surface area contributed by atoms with E-state index in [-0.39, 0.29) is 12.1 Å². The molecular weight excluding hydrogens is 459 g/mol. The Morgan fingerprint density at radius 2 is 1.73 bits per heavy atom. The van der Waals surface area contributed by atoms with Gasteiger partial charge in [0.25, 0.3) is 0 Å². The van der Waals surface area contributed by atoms with Crippen molar-refractivity contribution in [2.24, 2.45) is 0 Å². The quantitative estimate of drug-likeness (QED) is 0.399. The first-order valence-corrected chi connectivity index (χ1v) is 13.4. The van der Waals surface area contributed by atoms with E-state index in [1.807, 2.05) is 43.3 Å². The molecule has 3 aromatic carbocycles. The maximum atomic E-state index is 13.4. The van der Waals surface area contributed by atoms with Crippen LogP contribution in [0, 0.1) is 12.7 Å². The molecule has 33 heavy (non-hydrogen) atoms. The van der Waals surface area contributed by atoms with E-state index in [0.717, 1.165) is 27.4 Å². The molecule has 1 unspecified atom stereocenters. The smallest absolute Gasteiger partial charge is 0.248 e.